The van der Waals surface area contributed by atoms with Gasteiger partial charge in [0.05, 0.1) is 13.7 Å². The predicted octanol–water partition coefficient (Wildman–Crippen LogP) is 1.96. The molecule has 21 heavy (non-hydrogen) atoms. The van der Waals surface area contributed by atoms with E-state index >= 15 is 0 Å². The third-order valence-corrected chi connectivity index (χ3v) is 3.33. The van der Waals surface area contributed by atoms with Gasteiger partial charge in [0.1, 0.15) is 5.75 Å². The first-order valence-corrected chi connectivity index (χ1v) is 7.14. The molecular weight excluding hydrogens is 268 g/mol. The molecule has 2 amide bonds. The summed E-state index contributed by atoms with van der Waals surface area (Å²) in [6.07, 6.45) is 0.865. The highest BCUT2D eigenvalue weighted by molar-refractivity contribution is 5.83. The first-order valence-electron chi connectivity index (χ1n) is 7.14. The van der Waals surface area contributed by atoms with Gasteiger partial charge in [0, 0.05) is 19.5 Å². The standard InChI is InChI=1S/C16H24N2O3/c1-5-12(2)17-16(20)11-18(13(3)19)10-14-6-8-15(21-4)9-7-14/h6-9,12H,5,10-11H2,1-4H3,(H,17,20). The molecule has 5 nitrogen and oxygen atoms in total. The Hall–Kier alpha value is -2.04. The van der Waals surface area contributed by atoms with Crippen molar-refractivity contribution in [3.8, 4) is 5.75 Å². The second kappa shape index (κ2) is 8.29. The van der Waals surface area contributed by atoms with Gasteiger partial charge in [0.15, 0.2) is 0 Å². The summed E-state index contributed by atoms with van der Waals surface area (Å²) >= 11 is 0. The van der Waals surface area contributed by atoms with E-state index in [1.54, 1.807) is 7.11 Å². The average Bonchev–Trinajstić information content (AvgIpc) is 2.46. The van der Waals surface area contributed by atoms with Crippen LogP contribution >= 0.6 is 0 Å². The third kappa shape index (κ3) is 5.85. The molecule has 1 atom stereocenters. The third-order valence-electron chi connectivity index (χ3n) is 3.33. The highest BCUT2D eigenvalue weighted by Gasteiger charge is 2.15. The Labute approximate surface area is 126 Å². The molecule has 0 bridgehead atoms. The minimum atomic E-state index is -0.131. The van der Waals surface area contributed by atoms with E-state index in [0.29, 0.717) is 6.54 Å². The molecule has 0 fully saturated rings. The number of methoxy groups -OCH3 is 1. The summed E-state index contributed by atoms with van der Waals surface area (Å²) < 4.78 is 5.10. The fourth-order valence-corrected chi connectivity index (χ4v) is 1.83. The van der Waals surface area contributed by atoms with Crippen molar-refractivity contribution >= 4 is 11.8 Å². The van der Waals surface area contributed by atoms with Crippen LogP contribution in [0.25, 0.3) is 0 Å². The second-order valence-electron chi connectivity index (χ2n) is 5.10. The van der Waals surface area contributed by atoms with Crippen molar-refractivity contribution in [1.29, 1.82) is 0 Å². The largest absolute Gasteiger partial charge is 0.497 e. The fraction of sp³-hybridized carbons (Fsp3) is 0.500. The molecule has 1 unspecified atom stereocenters. The van der Waals surface area contributed by atoms with Crippen LogP contribution in [0.5, 0.6) is 5.75 Å². The van der Waals surface area contributed by atoms with Gasteiger partial charge in [-0.15, -0.1) is 0 Å². The van der Waals surface area contributed by atoms with E-state index in [4.69, 9.17) is 4.74 Å². The van der Waals surface area contributed by atoms with Gasteiger partial charge in [0.2, 0.25) is 11.8 Å². The summed E-state index contributed by atoms with van der Waals surface area (Å²) in [6.45, 7) is 5.91. The van der Waals surface area contributed by atoms with Crippen LogP contribution in [0.15, 0.2) is 24.3 Å². The lowest BCUT2D eigenvalue weighted by Gasteiger charge is -2.22. The number of nitrogens with zero attached hydrogens (tertiary/aromatic N) is 1. The van der Waals surface area contributed by atoms with Crippen molar-refractivity contribution in [3.63, 3.8) is 0 Å². The topological polar surface area (TPSA) is 58.6 Å². The Balaban J connectivity index is 2.64. The predicted molar refractivity (Wildman–Crippen MR) is 82.0 cm³/mol. The lowest BCUT2D eigenvalue weighted by molar-refractivity contribution is -0.135. The molecule has 0 aliphatic rings. The van der Waals surface area contributed by atoms with Crippen molar-refractivity contribution < 1.29 is 14.3 Å². The normalized spacial score (nSPS) is 11.6. The van der Waals surface area contributed by atoms with Gasteiger partial charge in [0.25, 0.3) is 0 Å². The van der Waals surface area contributed by atoms with E-state index in [2.05, 4.69) is 5.32 Å². The van der Waals surface area contributed by atoms with Gasteiger partial charge in [-0.2, -0.15) is 0 Å². The zero-order valence-electron chi connectivity index (χ0n) is 13.2. The van der Waals surface area contributed by atoms with Crippen LogP contribution in [0.3, 0.4) is 0 Å². The summed E-state index contributed by atoms with van der Waals surface area (Å²) in [4.78, 5) is 25.1. The molecule has 116 valence electrons. The van der Waals surface area contributed by atoms with Crippen molar-refractivity contribution in [1.82, 2.24) is 10.2 Å². The van der Waals surface area contributed by atoms with Gasteiger partial charge in [-0.25, -0.2) is 0 Å². The molecule has 1 N–H and O–H groups in total. The molecule has 0 aromatic heterocycles. The van der Waals surface area contributed by atoms with Gasteiger partial charge in [-0.1, -0.05) is 19.1 Å². The van der Waals surface area contributed by atoms with E-state index < -0.39 is 0 Å². The number of benzene rings is 1. The van der Waals surface area contributed by atoms with Crippen LogP contribution in [-0.2, 0) is 16.1 Å². The molecule has 0 radical (unpaired) electrons. The monoisotopic (exact) mass is 292 g/mol. The maximum absolute atomic E-state index is 11.9. The van der Waals surface area contributed by atoms with Crippen molar-refractivity contribution in [2.75, 3.05) is 13.7 Å². The molecule has 0 saturated carbocycles. The summed E-state index contributed by atoms with van der Waals surface area (Å²) in [5.74, 6) is 0.515. The summed E-state index contributed by atoms with van der Waals surface area (Å²) in [5.41, 5.74) is 0.960. The molecule has 1 rings (SSSR count). The number of nitrogens with one attached hydrogen (secondary N) is 1. The molecule has 0 saturated heterocycles. The van der Waals surface area contributed by atoms with Crippen LogP contribution in [0.1, 0.15) is 32.8 Å². The molecule has 1 aromatic rings. The SMILES string of the molecule is CCC(C)NC(=O)CN(Cc1ccc(OC)cc1)C(C)=O. The molecule has 0 aliphatic heterocycles. The number of ether oxygens (including phenoxy) is 1. The Morgan fingerprint density at radius 1 is 1.29 bits per heavy atom. The van der Waals surface area contributed by atoms with E-state index in [0.717, 1.165) is 17.7 Å². The maximum Gasteiger partial charge on any atom is 0.239 e. The lowest BCUT2D eigenvalue weighted by atomic mass is 10.2. The Kier molecular flexibility index (Phi) is 6.72. The molecule has 0 aliphatic carbocycles. The van der Waals surface area contributed by atoms with Crippen molar-refractivity contribution in [3.05, 3.63) is 29.8 Å². The smallest absolute Gasteiger partial charge is 0.239 e. The highest BCUT2D eigenvalue weighted by atomic mass is 16.5. The Morgan fingerprint density at radius 3 is 2.38 bits per heavy atom. The average molecular weight is 292 g/mol. The minimum Gasteiger partial charge on any atom is -0.497 e. The lowest BCUT2D eigenvalue weighted by Crippen LogP contribution is -2.42. The quantitative estimate of drug-likeness (QED) is 0.835. The first kappa shape index (κ1) is 17.0. The molecule has 0 spiro atoms. The zero-order valence-corrected chi connectivity index (χ0v) is 13.2. The molecular formula is C16H24N2O3. The second-order valence-corrected chi connectivity index (χ2v) is 5.10. The Morgan fingerprint density at radius 2 is 1.90 bits per heavy atom. The van der Waals surface area contributed by atoms with Gasteiger partial charge in [-0.3, -0.25) is 9.59 Å². The van der Waals surface area contributed by atoms with E-state index in [1.165, 1.54) is 11.8 Å². The summed E-state index contributed by atoms with van der Waals surface area (Å²) in [5, 5.41) is 2.87. The van der Waals surface area contributed by atoms with Crippen molar-refractivity contribution in [2.45, 2.75) is 39.8 Å². The van der Waals surface area contributed by atoms with Gasteiger partial charge in [-0.05, 0) is 31.0 Å². The minimum absolute atomic E-state index is 0.0751. The maximum atomic E-state index is 11.9. The zero-order chi connectivity index (χ0) is 15.8. The van der Waals surface area contributed by atoms with Crippen LogP contribution in [-0.4, -0.2) is 36.4 Å². The first-order chi connectivity index (χ1) is 9.96. The van der Waals surface area contributed by atoms with Crippen LogP contribution in [0.4, 0.5) is 0 Å². The number of carbonyl (C=O) groups excluding carboxylic acids is 2. The van der Waals surface area contributed by atoms with Gasteiger partial charge >= 0.3 is 0 Å². The molecule has 0 heterocycles. The highest BCUT2D eigenvalue weighted by Crippen LogP contribution is 2.13. The number of hydrogen-bond donors (Lipinski definition) is 1. The molecule has 5 heteroatoms. The van der Waals surface area contributed by atoms with Crippen LogP contribution in [0, 0.1) is 0 Å². The molecule has 1 aromatic carbocycles. The van der Waals surface area contributed by atoms with Crippen molar-refractivity contribution in [2.24, 2.45) is 0 Å². The summed E-state index contributed by atoms with van der Waals surface area (Å²) in [7, 11) is 1.61. The Bertz CT molecular complexity index is 471. The fourth-order valence-electron chi connectivity index (χ4n) is 1.83. The summed E-state index contributed by atoms with van der Waals surface area (Å²) in [6, 6.07) is 7.58. The van der Waals surface area contributed by atoms with Crippen LogP contribution < -0.4 is 10.1 Å². The van der Waals surface area contributed by atoms with Gasteiger partial charge < -0.3 is 15.0 Å². The van der Waals surface area contributed by atoms with E-state index in [9.17, 15) is 9.59 Å². The number of carbonyl (C=O) groups is 2. The van der Waals surface area contributed by atoms with E-state index in [1.807, 2.05) is 38.1 Å². The number of amides is 2. The number of rotatable bonds is 7. The van der Waals surface area contributed by atoms with Crippen LogP contribution in [0.2, 0.25) is 0 Å². The number of hydrogen-bond acceptors (Lipinski definition) is 3. The van der Waals surface area contributed by atoms with E-state index in [-0.39, 0.29) is 24.4 Å².